The zero-order valence-electron chi connectivity index (χ0n) is 17.1. The zero-order chi connectivity index (χ0) is 21.0. The maximum atomic E-state index is 12.9. The molecule has 152 valence electrons. The van der Waals surface area contributed by atoms with Gasteiger partial charge in [-0.1, -0.05) is 19.1 Å². The summed E-state index contributed by atoms with van der Waals surface area (Å²) in [5, 5.41) is 3.69. The Bertz CT molecular complexity index is 1090. The Kier molecular flexibility index (Phi) is 6.16. The number of pyridine rings is 2. The van der Waals surface area contributed by atoms with E-state index in [2.05, 4.69) is 29.4 Å². The normalized spacial score (nSPS) is 10.8. The van der Waals surface area contributed by atoms with Crippen molar-refractivity contribution in [1.29, 1.82) is 0 Å². The number of anilines is 2. The van der Waals surface area contributed by atoms with Crippen molar-refractivity contribution in [3.8, 4) is 5.75 Å². The highest BCUT2D eigenvalue weighted by Crippen LogP contribution is 2.24. The molecule has 7 nitrogen and oxygen atoms in total. The molecule has 1 aromatic carbocycles. The zero-order valence-corrected chi connectivity index (χ0v) is 17.1. The lowest BCUT2D eigenvalue weighted by atomic mass is 10.1. The van der Waals surface area contributed by atoms with Gasteiger partial charge in [-0.2, -0.15) is 0 Å². The summed E-state index contributed by atoms with van der Waals surface area (Å²) in [7, 11) is 0. The Labute approximate surface area is 169 Å². The van der Waals surface area contributed by atoms with Crippen LogP contribution in [0.15, 0.2) is 41.3 Å². The second-order valence-electron chi connectivity index (χ2n) is 6.56. The molecule has 0 unspecified atom stereocenters. The molecule has 0 aliphatic carbocycles. The highest BCUT2D eigenvalue weighted by molar-refractivity contribution is 5.83. The molecule has 0 saturated carbocycles. The minimum absolute atomic E-state index is 0.0818. The van der Waals surface area contributed by atoms with Crippen molar-refractivity contribution in [3.63, 3.8) is 0 Å². The Balaban J connectivity index is 2.06. The van der Waals surface area contributed by atoms with Crippen LogP contribution < -0.4 is 15.5 Å². The van der Waals surface area contributed by atoms with Crippen molar-refractivity contribution in [1.82, 2.24) is 9.55 Å². The second kappa shape index (κ2) is 8.77. The van der Waals surface area contributed by atoms with E-state index in [1.54, 1.807) is 17.6 Å². The summed E-state index contributed by atoms with van der Waals surface area (Å²) in [6.07, 6.45) is 1.56. The molecule has 3 aromatic rings. The van der Waals surface area contributed by atoms with Gasteiger partial charge in [0.25, 0.3) is 0 Å². The van der Waals surface area contributed by atoms with Gasteiger partial charge in [0.1, 0.15) is 5.65 Å². The molecule has 0 aliphatic rings. The van der Waals surface area contributed by atoms with Gasteiger partial charge in [-0.15, -0.1) is 0 Å². The SMILES string of the molecule is CCOC(=O)Oc1cn(CC)c2nc(C)c(Nc3ccc(CC)cc3)cc2c1=O. The van der Waals surface area contributed by atoms with Crippen molar-refractivity contribution in [2.45, 2.75) is 40.7 Å². The summed E-state index contributed by atoms with van der Waals surface area (Å²) in [4.78, 5) is 29.2. The summed E-state index contributed by atoms with van der Waals surface area (Å²) in [6, 6.07) is 9.85. The van der Waals surface area contributed by atoms with E-state index in [4.69, 9.17) is 9.47 Å². The number of carbonyl (C=O) groups is 1. The van der Waals surface area contributed by atoms with Gasteiger partial charge in [-0.05, 0) is 51.0 Å². The van der Waals surface area contributed by atoms with Crippen molar-refractivity contribution in [2.24, 2.45) is 0 Å². The van der Waals surface area contributed by atoms with E-state index < -0.39 is 11.6 Å². The molecule has 0 aliphatic heterocycles. The smallest absolute Gasteiger partial charge is 0.434 e. The molecule has 29 heavy (non-hydrogen) atoms. The van der Waals surface area contributed by atoms with Crippen LogP contribution in [-0.4, -0.2) is 22.3 Å². The summed E-state index contributed by atoms with van der Waals surface area (Å²) in [5.41, 5.74) is 3.76. The molecule has 1 N–H and O–H groups in total. The minimum atomic E-state index is -0.902. The molecule has 0 amide bonds. The van der Waals surface area contributed by atoms with Crippen molar-refractivity contribution in [3.05, 3.63) is 58.0 Å². The number of hydrogen-bond acceptors (Lipinski definition) is 6. The van der Waals surface area contributed by atoms with Crippen molar-refractivity contribution < 1.29 is 14.3 Å². The Morgan fingerprint density at radius 1 is 1.17 bits per heavy atom. The van der Waals surface area contributed by atoms with E-state index in [-0.39, 0.29) is 12.4 Å². The van der Waals surface area contributed by atoms with Crippen LogP contribution in [0, 0.1) is 6.92 Å². The van der Waals surface area contributed by atoms with Gasteiger partial charge in [0, 0.05) is 12.2 Å². The fraction of sp³-hybridized carbons (Fsp3) is 0.318. The molecule has 0 spiro atoms. The summed E-state index contributed by atoms with van der Waals surface area (Å²) in [6.45, 7) is 8.32. The fourth-order valence-corrected chi connectivity index (χ4v) is 3.03. The highest BCUT2D eigenvalue weighted by atomic mass is 16.7. The number of rotatable bonds is 6. The topological polar surface area (TPSA) is 82.4 Å². The molecule has 0 bridgehead atoms. The second-order valence-corrected chi connectivity index (χ2v) is 6.56. The highest BCUT2D eigenvalue weighted by Gasteiger charge is 2.16. The lowest BCUT2D eigenvalue weighted by Gasteiger charge is -2.15. The molecule has 7 heteroatoms. The van der Waals surface area contributed by atoms with E-state index in [1.165, 1.54) is 11.8 Å². The van der Waals surface area contributed by atoms with Crippen LogP contribution in [-0.2, 0) is 17.7 Å². The molecule has 0 radical (unpaired) electrons. The van der Waals surface area contributed by atoms with Crippen LogP contribution in [0.5, 0.6) is 5.75 Å². The predicted octanol–water partition coefficient (Wildman–Crippen LogP) is 4.57. The number of nitrogens with one attached hydrogen (secondary N) is 1. The van der Waals surface area contributed by atoms with Gasteiger partial charge in [-0.3, -0.25) is 4.79 Å². The number of fused-ring (bicyclic) bond motifs is 1. The Morgan fingerprint density at radius 2 is 1.90 bits per heavy atom. The van der Waals surface area contributed by atoms with Crippen LogP contribution in [0.2, 0.25) is 0 Å². The van der Waals surface area contributed by atoms with Crippen LogP contribution in [0.25, 0.3) is 11.0 Å². The number of aryl methyl sites for hydroxylation is 3. The number of aromatic nitrogens is 2. The molecule has 0 fully saturated rings. The van der Waals surface area contributed by atoms with Crippen LogP contribution >= 0.6 is 0 Å². The summed E-state index contributed by atoms with van der Waals surface area (Å²) < 4.78 is 11.7. The van der Waals surface area contributed by atoms with Crippen LogP contribution in [0.4, 0.5) is 16.2 Å². The van der Waals surface area contributed by atoms with Crippen molar-refractivity contribution >= 4 is 28.6 Å². The largest absolute Gasteiger partial charge is 0.514 e. The maximum absolute atomic E-state index is 12.9. The van der Waals surface area contributed by atoms with E-state index in [0.717, 1.165) is 23.5 Å². The molecule has 0 atom stereocenters. The number of hydrogen-bond donors (Lipinski definition) is 1. The van der Waals surface area contributed by atoms with Gasteiger partial charge < -0.3 is 19.4 Å². The Morgan fingerprint density at radius 3 is 2.52 bits per heavy atom. The number of carbonyl (C=O) groups excluding carboxylic acids is 1. The lowest BCUT2D eigenvalue weighted by molar-refractivity contribution is 0.104. The average molecular weight is 395 g/mol. The third-order valence-electron chi connectivity index (χ3n) is 4.64. The summed E-state index contributed by atoms with van der Waals surface area (Å²) >= 11 is 0. The minimum Gasteiger partial charge on any atom is -0.434 e. The van der Waals surface area contributed by atoms with Gasteiger partial charge >= 0.3 is 6.16 Å². The van der Waals surface area contributed by atoms with Gasteiger partial charge in [0.2, 0.25) is 5.43 Å². The number of ether oxygens (including phenoxy) is 2. The first-order valence-electron chi connectivity index (χ1n) is 9.72. The van der Waals surface area contributed by atoms with Gasteiger partial charge in [0.15, 0.2) is 5.75 Å². The number of benzene rings is 1. The standard InChI is InChI=1S/C22H25N3O4/c1-5-15-8-10-16(11-9-15)24-18-12-17-20(26)19(29-22(27)28-7-3)13-25(6-2)21(17)23-14(18)4/h8-13,24H,5-7H2,1-4H3. The molecular weight excluding hydrogens is 370 g/mol. The van der Waals surface area contributed by atoms with E-state index in [1.807, 2.05) is 26.0 Å². The van der Waals surface area contributed by atoms with Gasteiger partial charge in [-0.25, -0.2) is 9.78 Å². The van der Waals surface area contributed by atoms with E-state index in [9.17, 15) is 9.59 Å². The molecule has 2 aromatic heterocycles. The monoisotopic (exact) mass is 395 g/mol. The molecule has 0 saturated heterocycles. The van der Waals surface area contributed by atoms with Gasteiger partial charge in [0.05, 0.1) is 29.6 Å². The third-order valence-corrected chi connectivity index (χ3v) is 4.64. The average Bonchev–Trinajstić information content (AvgIpc) is 2.72. The lowest BCUT2D eigenvalue weighted by Crippen LogP contribution is -2.19. The van der Waals surface area contributed by atoms with E-state index in [0.29, 0.717) is 17.6 Å². The molecule has 3 rings (SSSR count). The van der Waals surface area contributed by atoms with E-state index >= 15 is 0 Å². The maximum Gasteiger partial charge on any atom is 0.514 e. The first-order chi connectivity index (χ1) is 14.0. The number of nitrogens with zero attached hydrogens (tertiary/aromatic N) is 2. The van der Waals surface area contributed by atoms with Crippen LogP contribution in [0.3, 0.4) is 0 Å². The summed E-state index contributed by atoms with van der Waals surface area (Å²) in [5.74, 6) is -0.0818. The fourth-order valence-electron chi connectivity index (χ4n) is 3.03. The molecular formula is C22H25N3O4. The quantitative estimate of drug-likeness (QED) is 0.616. The van der Waals surface area contributed by atoms with Crippen LogP contribution in [0.1, 0.15) is 32.0 Å². The Hall–Kier alpha value is -3.35. The third kappa shape index (κ3) is 4.39. The predicted molar refractivity (Wildman–Crippen MR) is 113 cm³/mol. The van der Waals surface area contributed by atoms with Crippen molar-refractivity contribution in [2.75, 3.05) is 11.9 Å². The first-order valence-corrected chi connectivity index (χ1v) is 9.72. The molecule has 2 heterocycles. The first kappa shape index (κ1) is 20.4.